The normalized spacial score (nSPS) is 12.2. The van der Waals surface area contributed by atoms with Gasteiger partial charge >= 0.3 is 0 Å². The van der Waals surface area contributed by atoms with Crippen molar-refractivity contribution in [2.45, 2.75) is 19.0 Å². The number of alkyl halides is 1. The van der Waals surface area contributed by atoms with E-state index in [2.05, 4.69) is 32.3 Å². The van der Waals surface area contributed by atoms with Gasteiger partial charge in [-0.05, 0) is 27.4 Å². The number of rotatable bonds is 6. The van der Waals surface area contributed by atoms with E-state index < -0.39 is 12.7 Å². The topological polar surface area (TPSA) is 50.9 Å². The van der Waals surface area contributed by atoms with Crippen LogP contribution < -0.4 is 11.1 Å². The summed E-state index contributed by atoms with van der Waals surface area (Å²) in [5, 5.41) is 5.88. The third-order valence-corrected chi connectivity index (χ3v) is 6.72. The highest BCUT2D eigenvalue weighted by Crippen LogP contribution is 2.40. The first-order valence-corrected chi connectivity index (χ1v) is 9.80. The summed E-state index contributed by atoms with van der Waals surface area (Å²) in [6.07, 6.45) is 0.472. The Balaban J connectivity index is 0.00000208. The lowest BCUT2D eigenvalue weighted by atomic mass is 10.2. The Hall–Kier alpha value is -0.440. The first-order chi connectivity index (χ1) is 11.1. The number of hydrogen-bond acceptors (Lipinski definition) is 5. The fraction of sp³-hybridized carbons (Fsp3) is 0.267. The van der Waals surface area contributed by atoms with Gasteiger partial charge in [0.1, 0.15) is 11.8 Å². The zero-order chi connectivity index (χ0) is 16.4. The van der Waals surface area contributed by atoms with Crippen LogP contribution in [0, 0.1) is 0 Å². The minimum Gasteiger partial charge on any atom is -0.379 e. The van der Waals surface area contributed by atoms with E-state index in [0.717, 1.165) is 31.8 Å². The van der Waals surface area contributed by atoms with Crippen LogP contribution in [0.5, 0.6) is 0 Å². The van der Waals surface area contributed by atoms with E-state index in [1.807, 2.05) is 17.5 Å². The van der Waals surface area contributed by atoms with Crippen LogP contribution in [0.3, 0.4) is 0 Å². The molecule has 0 aliphatic heterocycles. The number of nitrogens with one attached hydrogen (secondary N) is 1. The molecule has 3 aromatic heterocycles. The van der Waals surface area contributed by atoms with E-state index in [1.54, 1.807) is 22.7 Å². The molecule has 0 aliphatic rings. The highest BCUT2D eigenvalue weighted by Gasteiger charge is 2.17. The highest BCUT2D eigenvalue weighted by molar-refractivity contribution is 9.10. The van der Waals surface area contributed by atoms with Gasteiger partial charge in [0.25, 0.3) is 0 Å². The second-order valence-corrected chi connectivity index (χ2v) is 8.38. The zero-order valence-corrected chi connectivity index (χ0v) is 17.2. The van der Waals surface area contributed by atoms with Gasteiger partial charge in [-0.1, -0.05) is 17.7 Å². The molecule has 0 bridgehead atoms. The van der Waals surface area contributed by atoms with Crippen molar-refractivity contribution >= 4 is 78.5 Å². The van der Waals surface area contributed by atoms with Gasteiger partial charge in [-0.2, -0.15) is 0 Å². The molecule has 0 spiro atoms. The van der Waals surface area contributed by atoms with Crippen LogP contribution >= 0.6 is 62.6 Å². The SMILES string of the molecule is Cl.N[C@H](CF)Cc1sc2c(NCc3cccs3)cc(Cl)nc2c1Br. The summed E-state index contributed by atoms with van der Waals surface area (Å²) in [7, 11) is 0. The Morgan fingerprint density at radius 1 is 1.46 bits per heavy atom. The van der Waals surface area contributed by atoms with E-state index in [-0.39, 0.29) is 12.4 Å². The number of nitrogens with two attached hydrogens (primary N) is 1. The second-order valence-electron chi connectivity index (χ2n) is 5.06. The van der Waals surface area contributed by atoms with Crippen molar-refractivity contribution in [1.29, 1.82) is 0 Å². The van der Waals surface area contributed by atoms with Crippen LogP contribution in [0.1, 0.15) is 9.75 Å². The fourth-order valence-electron chi connectivity index (χ4n) is 2.20. The van der Waals surface area contributed by atoms with E-state index >= 15 is 0 Å². The van der Waals surface area contributed by atoms with E-state index in [9.17, 15) is 4.39 Å². The second kappa shape index (κ2) is 8.78. The minimum absolute atomic E-state index is 0. The molecule has 3 aromatic rings. The molecule has 1 atom stereocenters. The maximum absolute atomic E-state index is 12.7. The molecule has 130 valence electrons. The van der Waals surface area contributed by atoms with Gasteiger partial charge in [-0.15, -0.1) is 35.1 Å². The maximum Gasteiger partial charge on any atom is 0.131 e. The predicted octanol–water partition coefficient (Wildman–Crippen LogP) is 5.65. The fourth-order valence-corrected chi connectivity index (χ4v) is 5.08. The average molecular weight is 471 g/mol. The molecule has 0 saturated carbocycles. The van der Waals surface area contributed by atoms with Crippen molar-refractivity contribution in [1.82, 2.24) is 4.98 Å². The number of anilines is 1. The van der Waals surface area contributed by atoms with Gasteiger partial charge in [0.2, 0.25) is 0 Å². The van der Waals surface area contributed by atoms with Crippen LogP contribution in [0.15, 0.2) is 28.1 Å². The summed E-state index contributed by atoms with van der Waals surface area (Å²) in [5.41, 5.74) is 7.46. The summed E-state index contributed by atoms with van der Waals surface area (Å²) in [5.74, 6) is 0. The molecule has 9 heteroatoms. The van der Waals surface area contributed by atoms with Crippen LogP contribution in [0.25, 0.3) is 10.2 Å². The van der Waals surface area contributed by atoms with Gasteiger partial charge in [0, 0.05) is 34.8 Å². The molecule has 0 fully saturated rings. The quantitative estimate of drug-likeness (QED) is 0.458. The largest absolute Gasteiger partial charge is 0.379 e. The molecule has 0 unspecified atom stereocenters. The number of fused-ring (bicyclic) bond motifs is 1. The lowest BCUT2D eigenvalue weighted by molar-refractivity contribution is 0.428. The monoisotopic (exact) mass is 469 g/mol. The van der Waals surface area contributed by atoms with Gasteiger partial charge in [-0.3, -0.25) is 0 Å². The van der Waals surface area contributed by atoms with Gasteiger partial charge in [-0.25, -0.2) is 9.37 Å². The van der Waals surface area contributed by atoms with Crippen LogP contribution in [0.2, 0.25) is 5.15 Å². The van der Waals surface area contributed by atoms with E-state index in [0.29, 0.717) is 11.6 Å². The molecule has 0 amide bonds. The Morgan fingerprint density at radius 2 is 2.25 bits per heavy atom. The van der Waals surface area contributed by atoms with Crippen molar-refractivity contribution in [2.24, 2.45) is 5.73 Å². The van der Waals surface area contributed by atoms with E-state index in [1.165, 1.54) is 4.88 Å². The van der Waals surface area contributed by atoms with Crippen molar-refractivity contribution in [3.05, 3.63) is 43.0 Å². The number of halogens is 4. The van der Waals surface area contributed by atoms with Crippen molar-refractivity contribution in [3.8, 4) is 0 Å². The average Bonchev–Trinajstić information content (AvgIpc) is 3.15. The Labute approximate surface area is 167 Å². The molecule has 0 radical (unpaired) electrons. The van der Waals surface area contributed by atoms with Crippen molar-refractivity contribution in [3.63, 3.8) is 0 Å². The Bertz CT molecular complexity index is 811. The van der Waals surface area contributed by atoms with E-state index in [4.69, 9.17) is 17.3 Å². The standard InChI is InChI=1S/C15H14BrClFN3S2.ClH/c16-13-11(4-8(19)6-18)23-15-10(5-12(17)21-14(13)15)20-7-9-2-1-3-22-9;/h1-3,5,8H,4,6-7,19H2,(H,20,21);1H/t8-;/m0./s1. The minimum atomic E-state index is -0.543. The van der Waals surface area contributed by atoms with Crippen molar-refractivity contribution < 1.29 is 4.39 Å². The maximum atomic E-state index is 12.7. The zero-order valence-electron chi connectivity index (χ0n) is 12.4. The highest BCUT2D eigenvalue weighted by atomic mass is 79.9. The number of nitrogens with zero attached hydrogens (tertiary/aromatic N) is 1. The molecular weight excluding hydrogens is 456 g/mol. The Kier molecular flexibility index (Phi) is 7.27. The number of hydrogen-bond donors (Lipinski definition) is 2. The lowest BCUT2D eigenvalue weighted by Gasteiger charge is -2.06. The van der Waals surface area contributed by atoms with Gasteiger partial charge in [0.05, 0.1) is 20.4 Å². The summed E-state index contributed by atoms with van der Waals surface area (Å²) in [4.78, 5) is 6.61. The third-order valence-electron chi connectivity index (χ3n) is 3.30. The summed E-state index contributed by atoms with van der Waals surface area (Å²) in [6.45, 7) is 0.181. The molecular formula is C15H15BrCl2FN3S2. The summed E-state index contributed by atoms with van der Waals surface area (Å²) < 4.78 is 14.5. The molecule has 3 N–H and O–H groups in total. The first-order valence-electron chi connectivity index (χ1n) is 6.93. The number of thiophene rings is 2. The molecule has 24 heavy (non-hydrogen) atoms. The third kappa shape index (κ3) is 4.39. The lowest BCUT2D eigenvalue weighted by Crippen LogP contribution is -2.24. The smallest absolute Gasteiger partial charge is 0.131 e. The molecule has 3 rings (SSSR count). The first kappa shape index (κ1) is 19.9. The Morgan fingerprint density at radius 3 is 2.92 bits per heavy atom. The molecule has 0 saturated heterocycles. The molecule has 3 heterocycles. The molecule has 3 nitrogen and oxygen atoms in total. The van der Waals surface area contributed by atoms with Crippen LogP contribution in [0.4, 0.5) is 10.1 Å². The number of aromatic nitrogens is 1. The van der Waals surface area contributed by atoms with Crippen molar-refractivity contribution in [2.75, 3.05) is 12.0 Å². The van der Waals surface area contributed by atoms with Gasteiger partial charge < -0.3 is 11.1 Å². The molecule has 0 aliphatic carbocycles. The summed E-state index contributed by atoms with van der Waals surface area (Å²) >= 11 is 13.0. The van der Waals surface area contributed by atoms with Gasteiger partial charge in [0.15, 0.2) is 0 Å². The summed E-state index contributed by atoms with van der Waals surface area (Å²) in [6, 6.07) is 5.42. The molecule has 0 aromatic carbocycles. The van der Waals surface area contributed by atoms with Crippen LogP contribution in [-0.2, 0) is 13.0 Å². The predicted molar refractivity (Wildman–Crippen MR) is 109 cm³/mol. The number of pyridine rings is 1. The van der Waals surface area contributed by atoms with Crippen LogP contribution in [-0.4, -0.2) is 17.7 Å².